The average molecular weight is 426 g/mol. The summed E-state index contributed by atoms with van der Waals surface area (Å²) < 4.78 is 31.8. The van der Waals surface area contributed by atoms with Gasteiger partial charge in [-0.25, -0.2) is 13.2 Å². The van der Waals surface area contributed by atoms with Gasteiger partial charge < -0.3 is 14.5 Å². The van der Waals surface area contributed by atoms with Crippen LogP contribution in [0.4, 0.5) is 4.79 Å². The Bertz CT molecular complexity index is 801. The fraction of sp³-hybridized carbons (Fsp3) is 0.579. The topological polar surface area (TPSA) is 91.7 Å². The van der Waals surface area contributed by atoms with E-state index in [-0.39, 0.29) is 16.9 Å². The first kappa shape index (κ1) is 21.5. The van der Waals surface area contributed by atoms with Gasteiger partial charge in [-0.2, -0.15) is 4.31 Å². The molecule has 29 heavy (non-hydrogen) atoms. The molecular weight excluding hydrogens is 396 g/mol. The molecular formula is C19H29N4O5S+. The first-order chi connectivity index (χ1) is 13.9. The molecule has 1 aromatic carbocycles. The number of rotatable bonds is 5. The molecule has 0 radical (unpaired) electrons. The molecule has 9 nitrogen and oxygen atoms in total. The number of piperazine rings is 2. The highest BCUT2D eigenvalue weighted by Crippen LogP contribution is 2.17. The average Bonchev–Trinajstić information content (AvgIpc) is 2.75. The second kappa shape index (κ2) is 9.55. The predicted octanol–water partition coefficient (Wildman–Crippen LogP) is -1.12. The Kier molecular flexibility index (Phi) is 7.09. The molecule has 1 aromatic rings. The normalized spacial score (nSPS) is 19.2. The van der Waals surface area contributed by atoms with Crippen LogP contribution in [-0.2, 0) is 19.6 Å². The van der Waals surface area contributed by atoms with E-state index in [0.29, 0.717) is 65.5 Å². The van der Waals surface area contributed by atoms with E-state index in [1.807, 2.05) is 0 Å². The van der Waals surface area contributed by atoms with Crippen molar-refractivity contribution in [3.8, 4) is 0 Å². The SMILES string of the molecule is CCOC(=O)N1CC[NH+](CC(=O)N2CCN(S(=O)(=O)c3ccccc3)CC2)CC1. The molecule has 0 unspecified atom stereocenters. The van der Waals surface area contributed by atoms with Gasteiger partial charge in [0.1, 0.15) is 0 Å². The lowest BCUT2D eigenvalue weighted by atomic mass is 10.3. The van der Waals surface area contributed by atoms with Gasteiger partial charge in [0.15, 0.2) is 6.54 Å². The quantitative estimate of drug-likeness (QED) is 0.645. The molecule has 0 atom stereocenters. The van der Waals surface area contributed by atoms with Crippen molar-refractivity contribution in [2.45, 2.75) is 11.8 Å². The van der Waals surface area contributed by atoms with E-state index in [1.54, 1.807) is 47.1 Å². The number of sulfonamides is 1. The Morgan fingerprint density at radius 2 is 1.59 bits per heavy atom. The van der Waals surface area contributed by atoms with Crippen molar-refractivity contribution in [1.29, 1.82) is 0 Å². The van der Waals surface area contributed by atoms with Crippen molar-refractivity contribution < 1.29 is 27.6 Å². The van der Waals surface area contributed by atoms with Crippen LogP contribution in [0.1, 0.15) is 6.92 Å². The summed E-state index contributed by atoms with van der Waals surface area (Å²) in [6.07, 6.45) is -0.298. The molecule has 2 aliphatic heterocycles. The number of benzene rings is 1. The van der Waals surface area contributed by atoms with Crippen LogP contribution in [-0.4, -0.2) is 100 Å². The summed E-state index contributed by atoms with van der Waals surface area (Å²) in [7, 11) is -3.52. The molecule has 2 amide bonds. The summed E-state index contributed by atoms with van der Waals surface area (Å²) in [5.41, 5.74) is 0. The van der Waals surface area contributed by atoms with E-state index in [0.717, 1.165) is 4.90 Å². The van der Waals surface area contributed by atoms with Gasteiger partial charge in [0.25, 0.3) is 5.91 Å². The minimum atomic E-state index is -3.52. The monoisotopic (exact) mass is 425 g/mol. The van der Waals surface area contributed by atoms with Gasteiger partial charge in [0.05, 0.1) is 37.7 Å². The van der Waals surface area contributed by atoms with Crippen LogP contribution < -0.4 is 4.90 Å². The molecule has 3 rings (SSSR count). The van der Waals surface area contributed by atoms with E-state index >= 15 is 0 Å². The Labute approximate surface area is 171 Å². The molecule has 2 saturated heterocycles. The van der Waals surface area contributed by atoms with Crippen molar-refractivity contribution in [1.82, 2.24) is 14.1 Å². The van der Waals surface area contributed by atoms with Gasteiger partial charge in [-0.15, -0.1) is 0 Å². The van der Waals surface area contributed by atoms with E-state index in [2.05, 4.69) is 0 Å². The third-order valence-electron chi connectivity index (χ3n) is 5.37. The van der Waals surface area contributed by atoms with Crippen LogP contribution >= 0.6 is 0 Å². The molecule has 0 saturated carbocycles. The van der Waals surface area contributed by atoms with E-state index in [1.165, 1.54) is 4.31 Å². The van der Waals surface area contributed by atoms with Crippen molar-refractivity contribution in [3.63, 3.8) is 0 Å². The number of ether oxygens (including phenoxy) is 1. The Hall–Kier alpha value is -2.17. The van der Waals surface area contributed by atoms with Crippen molar-refractivity contribution in [2.24, 2.45) is 0 Å². The number of carbonyl (C=O) groups excluding carboxylic acids is 2. The lowest BCUT2D eigenvalue weighted by molar-refractivity contribution is -0.896. The van der Waals surface area contributed by atoms with Gasteiger partial charge in [0.2, 0.25) is 10.0 Å². The summed E-state index contributed by atoms with van der Waals surface area (Å²) in [6.45, 7) is 6.44. The molecule has 0 bridgehead atoms. The second-order valence-corrected chi connectivity index (χ2v) is 9.15. The lowest BCUT2D eigenvalue weighted by Gasteiger charge is -2.36. The number of nitrogens with one attached hydrogen (secondary N) is 1. The van der Waals surface area contributed by atoms with Gasteiger partial charge in [-0.1, -0.05) is 18.2 Å². The van der Waals surface area contributed by atoms with E-state index < -0.39 is 10.0 Å². The maximum absolute atomic E-state index is 12.7. The molecule has 0 aromatic heterocycles. The van der Waals surface area contributed by atoms with Crippen LogP contribution in [0, 0.1) is 0 Å². The van der Waals surface area contributed by atoms with Gasteiger partial charge in [-0.3, -0.25) is 9.69 Å². The zero-order valence-electron chi connectivity index (χ0n) is 16.7. The van der Waals surface area contributed by atoms with Crippen LogP contribution in [0.3, 0.4) is 0 Å². The summed E-state index contributed by atoms with van der Waals surface area (Å²) in [5.74, 6) is 0.0290. The highest BCUT2D eigenvalue weighted by Gasteiger charge is 2.32. The largest absolute Gasteiger partial charge is 0.450 e. The summed E-state index contributed by atoms with van der Waals surface area (Å²) in [5, 5.41) is 0. The predicted molar refractivity (Wildman–Crippen MR) is 106 cm³/mol. The van der Waals surface area contributed by atoms with E-state index in [9.17, 15) is 18.0 Å². The molecule has 0 spiro atoms. The molecule has 160 valence electrons. The van der Waals surface area contributed by atoms with Crippen molar-refractivity contribution in [2.75, 3.05) is 65.5 Å². The molecule has 2 aliphatic rings. The number of amides is 2. The highest BCUT2D eigenvalue weighted by atomic mass is 32.2. The smallest absolute Gasteiger partial charge is 0.410 e. The summed E-state index contributed by atoms with van der Waals surface area (Å²) >= 11 is 0. The van der Waals surface area contributed by atoms with Crippen molar-refractivity contribution in [3.05, 3.63) is 30.3 Å². The van der Waals surface area contributed by atoms with Gasteiger partial charge >= 0.3 is 6.09 Å². The highest BCUT2D eigenvalue weighted by molar-refractivity contribution is 7.89. The maximum Gasteiger partial charge on any atom is 0.410 e. The zero-order chi connectivity index (χ0) is 20.9. The molecule has 2 heterocycles. The molecule has 0 aliphatic carbocycles. The Morgan fingerprint density at radius 3 is 2.17 bits per heavy atom. The zero-order valence-corrected chi connectivity index (χ0v) is 17.6. The number of hydrogen-bond donors (Lipinski definition) is 1. The van der Waals surface area contributed by atoms with Crippen LogP contribution in [0.2, 0.25) is 0 Å². The van der Waals surface area contributed by atoms with Gasteiger partial charge in [0, 0.05) is 26.2 Å². The lowest BCUT2D eigenvalue weighted by Crippen LogP contribution is -3.15. The fourth-order valence-electron chi connectivity index (χ4n) is 3.64. The molecule has 10 heteroatoms. The number of quaternary nitrogens is 1. The Balaban J connectivity index is 1.46. The fourth-order valence-corrected chi connectivity index (χ4v) is 5.09. The van der Waals surface area contributed by atoms with E-state index in [4.69, 9.17) is 4.74 Å². The third-order valence-corrected chi connectivity index (χ3v) is 7.28. The third kappa shape index (κ3) is 5.26. The van der Waals surface area contributed by atoms with Crippen LogP contribution in [0.25, 0.3) is 0 Å². The molecule has 2 fully saturated rings. The standard InChI is InChI=1S/C19H28N4O5S/c1-2-28-19(25)22-10-8-20(9-11-22)16-18(24)21-12-14-23(15-13-21)29(26,27)17-6-4-3-5-7-17/h3-7H,2,8-16H2,1H3/p+1. The molecule has 1 N–H and O–H groups in total. The Morgan fingerprint density at radius 1 is 0.966 bits per heavy atom. The number of hydrogen-bond acceptors (Lipinski definition) is 5. The minimum absolute atomic E-state index is 0.0290. The first-order valence-corrected chi connectivity index (χ1v) is 11.4. The number of nitrogens with zero attached hydrogens (tertiary/aromatic N) is 3. The van der Waals surface area contributed by atoms with Gasteiger partial charge in [-0.05, 0) is 19.1 Å². The summed E-state index contributed by atoms with van der Waals surface area (Å²) in [6, 6.07) is 8.37. The first-order valence-electron chi connectivity index (χ1n) is 10.00. The van der Waals surface area contributed by atoms with Crippen LogP contribution in [0.5, 0.6) is 0 Å². The minimum Gasteiger partial charge on any atom is -0.450 e. The number of carbonyl (C=O) groups is 2. The van der Waals surface area contributed by atoms with Crippen molar-refractivity contribution >= 4 is 22.0 Å². The second-order valence-electron chi connectivity index (χ2n) is 7.21. The van der Waals surface area contributed by atoms with Crippen LogP contribution in [0.15, 0.2) is 35.2 Å². The maximum atomic E-state index is 12.7. The summed E-state index contributed by atoms with van der Waals surface area (Å²) in [4.78, 5) is 29.2.